The van der Waals surface area contributed by atoms with E-state index in [0.29, 0.717) is 24.8 Å². The van der Waals surface area contributed by atoms with Gasteiger partial charge in [0.05, 0.1) is 0 Å². The first-order valence-electron chi connectivity index (χ1n) is 10.8. The molecule has 1 saturated carbocycles. The second-order valence-electron chi connectivity index (χ2n) is 9.13. The molecule has 2 aliphatic heterocycles. The molecular formula is C21H37N3O2. The number of hydrogen-bond donors (Lipinski definition) is 1. The van der Waals surface area contributed by atoms with Crippen molar-refractivity contribution < 1.29 is 9.59 Å². The molecule has 1 aliphatic carbocycles. The zero-order chi connectivity index (χ0) is 18.6. The molecular weight excluding hydrogens is 326 g/mol. The zero-order valence-corrected chi connectivity index (χ0v) is 16.5. The third-order valence-electron chi connectivity index (χ3n) is 7.04. The normalized spacial score (nSPS) is 27.4. The number of hydrogen-bond acceptors (Lipinski definition) is 3. The van der Waals surface area contributed by atoms with Crippen LogP contribution in [-0.2, 0) is 9.59 Å². The maximum atomic E-state index is 12.8. The predicted molar refractivity (Wildman–Crippen MR) is 103 cm³/mol. The van der Waals surface area contributed by atoms with Gasteiger partial charge in [-0.25, -0.2) is 0 Å². The summed E-state index contributed by atoms with van der Waals surface area (Å²) in [7, 11) is 0. The fraction of sp³-hybridized carbons (Fsp3) is 0.905. The maximum absolute atomic E-state index is 12.8. The SMILES string of the molecule is CC1CCCN(C(=O)C2CCN(C(=O)CC3(CN)CCCCC3)CC2)C1. The Morgan fingerprint density at radius 1 is 0.962 bits per heavy atom. The zero-order valence-electron chi connectivity index (χ0n) is 16.5. The summed E-state index contributed by atoms with van der Waals surface area (Å²) in [5, 5.41) is 0. The van der Waals surface area contributed by atoms with Gasteiger partial charge in [-0.2, -0.15) is 0 Å². The van der Waals surface area contributed by atoms with E-state index in [0.717, 1.165) is 58.3 Å². The van der Waals surface area contributed by atoms with E-state index < -0.39 is 0 Å². The predicted octanol–water partition coefficient (Wildman–Crippen LogP) is 2.78. The molecule has 26 heavy (non-hydrogen) atoms. The summed E-state index contributed by atoms with van der Waals surface area (Å²) < 4.78 is 0. The van der Waals surface area contributed by atoms with Crippen LogP contribution in [-0.4, -0.2) is 54.3 Å². The van der Waals surface area contributed by atoms with Gasteiger partial charge in [-0.1, -0.05) is 26.2 Å². The largest absolute Gasteiger partial charge is 0.343 e. The molecule has 0 aromatic rings. The van der Waals surface area contributed by atoms with Gasteiger partial charge >= 0.3 is 0 Å². The van der Waals surface area contributed by atoms with Gasteiger partial charge in [-0.05, 0) is 56.4 Å². The lowest BCUT2D eigenvalue weighted by Gasteiger charge is -2.40. The first-order valence-corrected chi connectivity index (χ1v) is 10.8. The lowest BCUT2D eigenvalue weighted by atomic mass is 9.71. The Bertz CT molecular complexity index is 493. The highest BCUT2D eigenvalue weighted by Gasteiger charge is 2.36. The van der Waals surface area contributed by atoms with Crippen molar-refractivity contribution in [3.63, 3.8) is 0 Å². The highest BCUT2D eigenvalue weighted by Crippen LogP contribution is 2.39. The van der Waals surface area contributed by atoms with Crippen molar-refractivity contribution in [1.29, 1.82) is 0 Å². The molecule has 0 aromatic heterocycles. The third-order valence-corrected chi connectivity index (χ3v) is 7.04. The van der Waals surface area contributed by atoms with Gasteiger partial charge in [0, 0.05) is 38.5 Å². The van der Waals surface area contributed by atoms with Gasteiger partial charge in [-0.3, -0.25) is 9.59 Å². The summed E-state index contributed by atoms with van der Waals surface area (Å²) in [6.07, 6.45) is 10.5. The summed E-state index contributed by atoms with van der Waals surface area (Å²) in [4.78, 5) is 29.7. The molecule has 3 aliphatic rings. The van der Waals surface area contributed by atoms with Crippen LogP contribution in [0.25, 0.3) is 0 Å². The smallest absolute Gasteiger partial charge is 0.225 e. The van der Waals surface area contributed by atoms with Crippen molar-refractivity contribution in [2.24, 2.45) is 23.0 Å². The Kier molecular flexibility index (Phi) is 6.60. The quantitative estimate of drug-likeness (QED) is 0.835. The van der Waals surface area contributed by atoms with Gasteiger partial charge in [-0.15, -0.1) is 0 Å². The Morgan fingerprint density at radius 2 is 1.65 bits per heavy atom. The van der Waals surface area contributed by atoms with E-state index in [9.17, 15) is 9.59 Å². The van der Waals surface area contributed by atoms with Crippen LogP contribution >= 0.6 is 0 Å². The van der Waals surface area contributed by atoms with E-state index in [-0.39, 0.29) is 17.2 Å². The number of likely N-dealkylation sites (tertiary alicyclic amines) is 2. The molecule has 1 atom stereocenters. The number of amides is 2. The van der Waals surface area contributed by atoms with Crippen molar-refractivity contribution in [2.45, 2.75) is 71.1 Å². The average Bonchev–Trinajstić information content (AvgIpc) is 2.68. The minimum atomic E-state index is 0.0337. The van der Waals surface area contributed by atoms with Gasteiger partial charge < -0.3 is 15.5 Å². The topological polar surface area (TPSA) is 66.6 Å². The molecule has 2 amide bonds. The van der Waals surface area contributed by atoms with Crippen LogP contribution in [0.5, 0.6) is 0 Å². The number of nitrogens with two attached hydrogens (primary N) is 1. The second-order valence-corrected chi connectivity index (χ2v) is 9.13. The summed E-state index contributed by atoms with van der Waals surface area (Å²) in [5.74, 6) is 1.32. The van der Waals surface area contributed by atoms with Crippen molar-refractivity contribution in [3.05, 3.63) is 0 Å². The van der Waals surface area contributed by atoms with E-state index in [1.807, 2.05) is 4.90 Å². The Balaban J connectivity index is 1.48. The van der Waals surface area contributed by atoms with Crippen molar-refractivity contribution >= 4 is 11.8 Å². The molecule has 5 nitrogen and oxygen atoms in total. The van der Waals surface area contributed by atoms with E-state index in [1.54, 1.807) is 0 Å². The highest BCUT2D eigenvalue weighted by molar-refractivity contribution is 5.80. The molecule has 148 valence electrons. The van der Waals surface area contributed by atoms with Crippen molar-refractivity contribution in [1.82, 2.24) is 9.80 Å². The molecule has 2 heterocycles. The molecule has 0 radical (unpaired) electrons. The average molecular weight is 364 g/mol. The fourth-order valence-corrected chi connectivity index (χ4v) is 5.21. The monoisotopic (exact) mass is 363 g/mol. The standard InChI is InChI=1S/C21H37N3O2/c1-17-6-5-11-24(15-17)20(26)18-7-12-23(13-8-18)19(25)14-21(16-22)9-3-2-4-10-21/h17-18H,2-16,22H2,1H3. The van der Waals surface area contributed by atoms with Crippen molar-refractivity contribution in [2.75, 3.05) is 32.7 Å². The number of piperidine rings is 2. The van der Waals surface area contributed by atoms with Crippen LogP contribution in [0.15, 0.2) is 0 Å². The number of carbonyl (C=O) groups excluding carboxylic acids is 2. The van der Waals surface area contributed by atoms with Crippen LogP contribution in [0.1, 0.15) is 71.1 Å². The number of carbonyl (C=O) groups is 2. The summed E-state index contributed by atoms with van der Waals surface area (Å²) in [6, 6.07) is 0. The Labute approximate surface area is 158 Å². The van der Waals surface area contributed by atoms with Crippen LogP contribution in [0.3, 0.4) is 0 Å². The highest BCUT2D eigenvalue weighted by atomic mass is 16.2. The Morgan fingerprint density at radius 3 is 2.27 bits per heavy atom. The molecule has 2 saturated heterocycles. The fourth-order valence-electron chi connectivity index (χ4n) is 5.21. The van der Waals surface area contributed by atoms with E-state index in [2.05, 4.69) is 11.8 Å². The van der Waals surface area contributed by atoms with E-state index in [4.69, 9.17) is 5.73 Å². The molecule has 1 unspecified atom stereocenters. The third kappa shape index (κ3) is 4.59. The van der Waals surface area contributed by atoms with Crippen LogP contribution in [0.2, 0.25) is 0 Å². The van der Waals surface area contributed by atoms with E-state index in [1.165, 1.54) is 25.7 Å². The summed E-state index contributed by atoms with van der Waals surface area (Å²) in [6.45, 7) is 6.16. The second kappa shape index (κ2) is 8.73. The first-order chi connectivity index (χ1) is 12.5. The number of nitrogens with zero attached hydrogens (tertiary/aromatic N) is 2. The van der Waals surface area contributed by atoms with Gasteiger partial charge in [0.15, 0.2) is 0 Å². The maximum Gasteiger partial charge on any atom is 0.225 e. The minimum absolute atomic E-state index is 0.0337. The van der Waals surface area contributed by atoms with Crippen LogP contribution in [0, 0.1) is 17.3 Å². The molecule has 3 fully saturated rings. The minimum Gasteiger partial charge on any atom is -0.343 e. The van der Waals surface area contributed by atoms with Crippen molar-refractivity contribution in [3.8, 4) is 0 Å². The first kappa shape index (κ1) is 19.7. The summed E-state index contributed by atoms with van der Waals surface area (Å²) in [5.41, 5.74) is 6.08. The van der Waals surface area contributed by atoms with E-state index >= 15 is 0 Å². The molecule has 0 bridgehead atoms. The lowest BCUT2D eigenvalue weighted by molar-refractivity contribution is -0.143. The van der Waals surface area contributed by atoms with Gasteiger partial charge in [0.25, 0.3) is 0 Å². The Hall–Kier alpha value is -1.10. The molecule has 2 N–H and O–H groups in total. The molecule has 0 aromatic carbocycles. The number of rotatable bonds is 4. The molecule has 0 spiro atoms. The lowest BCUT2D eigenvalue weighted by Crippen LogP contribution is -2.48. The van der Waals surface area contributed by atoms with Gasteiger partial charge in [0.2, 0.25) is 11.8 Å². The molecule has 5 heteroatoms. The molecule has 3 rings (SSSR count). The van der Waals surface area contributed by atoms with Crippen LogP contribution < -0.4 is 5.73 Å². The van der Waals surface area contributed by atoms with Crippen LogP contribution in [0.4, 0.5) is 0 Å². The summed E-state index contributed by atoms with van der Waals surface area (Å²) >= 11 is 0. The van der Waals surface area contributed by atoms with Gasteiger partial charge in [0.1, 0.15) is 0 Å².